The van der Waals surface area contributed by atoms with Crippen LogP contribution in [0.15, 0.2) is 29.4 Å². The summed E-state index contributed by atoms with van der Waals surface area (Å²) in [7, 11) is 0. The zero-order valence-electron chi connectivity index (χ0n) is 12.6. The van der Waals surface area contributed by atoms with Crippen LogP contribution in [0.3, 0.4) is 0 Å². The molecule has 0 aliphatic carbocycles. The molecule has 1 aliphatic heterocycles. The maximum Gasteiger partial charge on any atom is 0.224 e. The number of hydrogen-bond donors (Lipinski definition) is 0. The molecule has 0 aromatic carbocycles. The second kappa shape index (κ2) is 7.42. The number of nitrogens with zero attached hydrogens (tertiary/aromatic N) is 4. The fraction of sp³-hybridized carbons (Fsp3) is 0.400. The molecule has 23 heavy (non-hydrogen) atoms. The van der Waals surface area contributed by atoms with Gasteiger partial charge in [-0.15, -0.1) is 11.8 Å². The molecule has 2 aromatic heterocycles. The predicted octanol–water partition coefficient (Wildman–Crippen LogP) is 3.18. The first-order valence-electron chi connectivity index (χ1n) is 7.23. The van der Waals surface area contributed by atoms with Crippen molar-refractivity contribution < 1.29 is 9.13 Å². The van der Waals surface area contributed by atoms with Gasteiger partial charge >= 0.3 is 0 Å². The van der Waals surface area contributed by atoms with Crippen LogP contribution in [0.5, 0.6) is 0 Å². The van der Waals surface area contributed by atoms with E-state index in [0.29, 0.717) is 19.0 Å². The molecule has 0 spiro atoms. The van der Waals surface area contributed by atoms with Crippen molar-refractivity contribution in [3.8, 4) is 0 Å². The van der Waals surface area contributed by atoms with Crippen molar-refractivity contribution in [2.24, 2.45) is 0 Å². The number of hydrogen-bond acceptors (Lipinski definition) is 6. The zero-order chi connectivity index (χ0) is 16.2. The lowest BCUT2D eigenvalue weighted by Gasteiger charge is -2.34. The Morgan fingerprint density at radius 1 is 1.39 bits per heavy atom. The molecule has 0 N–H and O–H groups in total. The van der Waals surface area contributed by atoms with Gasteiger partial charge in [0.1, 0.15) is 11.6 Å². The lowest BCUT2D eigenvalue weighted by Crippen LogP contribution is -2.44. The minimum absolute atomic E-state index is 0.217. The Balaban J connectivity index is 1.75. The minimum Gasteiger partial charge on any atom is -0.377 e. The quantitative estimate of drug-likeness (QED) is 0.621. The van der Waals surface area contributed by atoms with E-state index in [2.05, 4.69) is 26.8 Å². The van der Waals surface area contributed by atoms with E-state index in [1.54, 1.807) is 6.20 Å². The number of pyridine rings is 1. The summed E-state index contributed by atoms with van der Waals surface area (Å²) >= 11 is 7.52. The average molecular weight is 355 g/mol. The molecule has 2 aromatic rings. The zero-order valence-corrected chi connectivity index (χ0v) is 14.1. The van der Waals surface area contributed by atoms with Crippen molar-refractivity contribution in [3.63, 3.8) is 0 Å². The highest BCUT2D eigenvalue weighted by Gasteiger charge is 2.21. The summed E-state index contributed by atoms with van der Waals surface area (Å²) in [6.45, 7) is 4.20. The fourth-order valence-corrected chi connectivity index (χ4v) is 3.36. The first-order valence-corrected chi connectivity index (χ1v) is 8.59. The second-order valence-corrected chi connectivity index (χ2v) is 6.62. The maximum atomic E-state index is 13.2. The van der Waals surface area contributed by atoms with Gasteiger partial charge in [-0.05, 0) is 24.6 Å². The Hall–Kier alpha value is -1.44. The number of morpholine rings is 1. The van der Waals surface area contributed by atoms with E-state index in [-0.39, 0.29) is 17.1 Å². The summed E-state index contributed by atoms with van der Waals surface area (Å²) < 4.78 is 18.6. The first kappa shape index (κ1) is 16.4. The molecule has 1 fully saturated rings. The number of halogens is 2. The molecule has 3 heterocycles. The third-order valence-electron chi connectivity index (χ3n) is 3.47. The van der Waals surface area contributed by atoms with E-state index in [4.69, 9.17) is 16.3 Å². The van der Waals surface area contributed by atoms with Gasteiger partial charge in [0.05, 0.1) is 31.1 Å². The number of aromatic nitrogens is 3. The van der Waals surface area contributed by atoms with E-state index in [0.717, 1.165) is 23.0 Å². The molecule has 5 nitrogen and oxygen atoms in total. The van der Waals surface area contributed by atoms with Gasteiger partial charge < -0.3 is 9.64 Å². The second-order valence-electron chi connectivity index (χ2n) is 5.23. The van der Waals surface area contributed by atoms with Crippen molar-refractivity contribution >= 4 is 29.2 Å². The van der Waals surface area contributed by atoms with Crippen LogP contribution in [-0.2, 0) is 10.5 Å². The van der Waals surface area contributed by atoms with Crippen molar-refractivity contribution in [1.29, 1.82) is 0 Å². The lowest BCUT2D eigenvalue weighted by molar-refractivity contribution is 0.0985. The summed E-state index contributed by atoms with van der Waals surface area (Å²) in [5.41, 5.74) is 0.799. The Morgan fingerprint density at radius 2 is 2.26 bits per heavy atom. The predicted molar refractivity (Wildman–Crippen MR) is 88.4 cm³/mol. The van der Waals surface area contributed by atoms with Crippen molar-refractivity contribution in [2.75, 3.05) is 24.7 Å². The van der Waals surface area contributed by atoms with E-state index in [1.165, 1.54) is 24.0 Å². The van der Waals surface area contributed by atoms with Gasteiger partial charge in [0, 0.05) is 29.5 Å². The number of thioether (sulfide) groups is 1. The molecule has 122 valence electrons. The first-order chi connectivity index (χ1) is 11.1. The van der Waals surface area contributed by atoms with Gasteiger partial charge in [-0.25, -0.2) is 14.4 Å². The van der Waals surface area contributed by atoms with Crippen LogP contribution in [0.4, 0.5) is 10.2 Å². The molecule has 0 bridgehead atoms. The van der Waals surface area contributed by atoms with Crippen LogP contribution in [0, 0.1) is 5.82 Å². The molecule has 0 unspecified atom stereocenters. The van der Waals surface area contributed by atoms with Gasteiger partial charge in [0.25, 0.3) is 0 Å². The van der Waals surface area contributed by atoms with Gasteiger partial charge in [0.2, 0.25) is 5.28 Å². The highest BCUT2D eigenvalue weighted by Crippen LogP contribution is 2.25. The molecule has 1 aliphatic rings. The average Bonchev–Trinajstić information content (AvgIpc) is 2.53. The van der Waals surface area contributed by atoms with Gasteiger partial charge in [0.15, 0.2) is 0 Å². The smallest absolute Gasteiger partial charge is 0.224 e. The summed E-state index contributed by atoms with van der Waals surface area (Å²) in [4.78, 5) is 15.3. The van der Waals surface area contributed by atoms with Crippen molar-refractivity contribution in [3.05, 3.63) is 41.3 Å². The fourth-order valence-electron chi connectivity index (χ4n) is 2.37. The van der Waals surface area contributed by atoms with Crippen LogP contribution < -0.4 is 4.90 Å². The Morgan fingerprint density at radius 3 is 3.04 bits per heavy atom. The normalized spacial score (nSPS) is 18.2. The largest absolute Gasteiger partial charge is 0.377 e. The number of ether oxygens (including phenoxy) is 1. The van der Waals surface area contributed by atoms with Crippen LogP contribution in [0.25, 0.3) is 0 Å². The van der Waals surface area contributed by atoms with Gasteiger partial charge in [-0.3, -0.25) is 4.98 Å². The number of rotatable bonds is 4. The Labute approximate surface area is 143 Å². The van der Waals surface area contributed by atoms with Gasteiger partial charge in [-0.1, -0.05) is 0 Å². The third-order valence-corrected chi connectivity index (χ3v) is 4.63. The number of anilines is 1. The third kappa shape index (κ3) is 4.31. The van der Waals surface area contributed by atoms with Crippen molar-refractivity contribution in [2.45, 2.75) is 23.6 Å². The Bertz CT molecular complexity index is 690. The molecule has 0 amide bonds. The molecule has 1 saturated heterocycles. The van der Waals surface area contributed by atoms with E-state index >= 15 is 0 Å². The topological polar surface area (TPSA) is 51.1 Å². The van der Waals surface area contributed by atoms with Crippen LogP contribution >= 0.6 is 23.4 Å². The standard InChI is InChI=1S/C15H16ClFN4OS/c1-10-8-22-3-2-21(10)14-5-12(19-15(16)20-14)9-23-13-4-11(17)6-18-7-13/h4-7,10H,2-3,8-9H2,1H3/t10-/m0/s1. The highest BCUT2D eigenvalue weighted by molar-refractivity contribution is 7.98. The van der Waals surface area contributed by atoms with Crippen LogP contribution in [-0.4, -0.2) is 40.8 Å². The Kier molecular flexibility index (Phi) is 5.30. The molecule has 0 radical (unpaired) electrons. The van der Waals surface area contributed by atoms with Crippen LogP contribution in [0.2, 0.25) is 5.28 Å². The highest BCUT2D eigenvalue weighted by atomic mass is 35.5. The van der Waals surface area contributed by atoms with Crippen molar-refractivity contribution in [1.82, 2.24) is 15.0 Å². The minimum atomic E-state index is -0.349. The van der Waals surface area contributed by atoms with Gasteiger partial charge in [-0.2, -0.15) is 0 Å². The molecular formula is C15H16ClFN4OS. The summed E-state index contributed by atoms with van der Waals surface area (Å²) in [5.74, 6) is 1.02. The summed E-state index contributed by atoms with van der Waals surface area (Å²) in [6, 6.07) is 3.61. The monoisotopic (exact) mass is 354 g/mol. The van der Waals surface area contributed by atoms with Crippen LogP contribution in [0.1, 0.15) is 12.6 Å². The molecular weight excluding hydrogens is 339 g/mol. The lowest BCUT2D eigenvalue weighted by atomic mass is 10.2. The molecule has 8 heteroatoms. The molecule has 1 atom stereocenters. The molecule has 0 saturated carbocycles. The van der Waals surface area contributed by atoms with E-state index in [9.17, 15) is 4.39 Å². The maximum absolute atomic E-state index is 13.2. The summed E-state index contributed by atoms with van der Waals surface area (Å²) in [5, 5.41) is 0.217. The van der Waals surface area contributed by atoms with E-state index in [1.807, 2.05) is 6.07 Å². The SMILES string of the molecule is C[C@H]1COCCN1c1cc(CSc2cncc(F)c2)nc(Cl)n1. The molecule has 3 rings (SSSR count). The summed E-state index contributed by atoms with van der Waals surface area (Å²) in [6.07, 6.45) is 2.81. The van der Waals surface area contributed by atoms with E-state index < -0.39 is 0 Å².